The SMILES string of the molecule is Cc1cc(N)cc(C)c1S(=O)(=O)Nc1nnn(C)n1. The van der Waals surface area contributed by atoms with Crippen LogP contribution in [-0.2, 0) is 17.1 Å². The van der Waals surface area contributed by atoms with Crippen LogP contribution in [0.15, 0.2) is 17.0 Å². The highest BCUT2D eigenvalue weighted by Gasteiger charge is 2.21. The average Bonchev–Trinajstić information content (AvgIpc) is 2.60. The number of aromatic nitrogens is 4. The van der Waals surface area contributed by atoms with Gasteiger partial charge in [-0.15, -0.1) is 5.10 Å². The van der Waals surface area contributed by atoms with Crippen LogP contribution >= 0.6 is 0 Å². The van der Waals surface area contributed by atoms with Crippen LogP contribution in [-0.4, -0.2) is 28.6 Å². The monoisotopic (exact) mass is 282 g/mol. The van der Waals surface area contributed by atoms with E-state index in [4.69, 9.17) is 5.73 Å². The summed E-state index contributed by atoms with van der Waals surface area (Å²) in [6.45, 7) is 3.37. The molecule has 0 aliphatic carbocycles. The Kier molecular flexibility index (Phi) is 3.14. The van der Waals surface area contributed by atoms with Gasteiger partial charge in [0, 0.05) is 5.69 Å². The first-order valence-corrected chi connectivity index (χ1v) is 6.91. The summed E-state index contributed by atoms with van der Waals surface area (Å²) in [7, 11) is -2.22. The van der Waals surface area contributed by atoms with Crippen LogP contribution in [0.1, 0.15) is 11.1 Å². The molecule has 3 N–H and O–H groups in total. The van der Waals surface area contributed by atoms with Crippen molar-refractivity contribution in [3.05, 3.63) is 23.3 Å². The molecule has 0 bridgehead atoms. The lowest BCUT2D eigenvalue weighted by Crippen LogP contribution is -2.17. The molecule has 0 amide bonds. The van der Waals surface area contributed by atoms with Crippen LogP contribution in [0.3, 0.4) is 0 Å². The maximum Gasteiger partial charge on any atom is 0.277 e. The van der Waals surface area contributed by atoms with E-state index >= 15 is 0 Å². The summed E-state index contributed by atoms with van der Waals surface area (Å²) in [5.74, 6) is -0.0712. The van der Waals surface area contributed by atoms with Crippen LogP contribution in [0.4, 0.5) is 11.6 Å². The predicted octanol–water partition coefficient (Wildman–Crippen LogP) is 0.210. The molecule has 102 valence electrons. The first-order valence-electron chi connectivity index (χ1n) is 5.43. The molecule has 0 radical (unpaired) electrons. The van der Waals surface area contributed by atoms with Crippen molar-refractivity contribution in [3.63, 3.8) is 0 Å². The van der Waals surface area contributed by atoms with E-state index in [1.807, 2.05) is 0 Å². The Labute approximate surface area is 110 Å². The van der Waals surface area contributed by atoms with E-state index < -0.39 is 10.0 Å². The lowest BCUT2D eigenvalue weighted by molar-refractivity contribution is 0.599. The lowest BCUT2D eigenvalue weighted by atomic mass is 10.1. The van der Waals surface area contributed by atoms with Crippen molar-refractivity contribution < 1.29 is 8.42 Å². The van der Waals surface area contributed by atoms with Gasteiger partial charge in [-0.25, -0.2) is 13.1 Å². The summed E-state index contributed by atoms with van der Waals surface area (Å²) in [4.78, 5) is 1.34. The van der Waals surface area contributed by atoms with Crippen LogP contribution < -0.4 is 10.5 Å². The fourth-order valence-electron chi connectivity index (χ4n) is 1.90. The highest BCUT2D eigenvalue weighted by molar-refractivity contribution is 7.92. The summed E-state index contributed by atoms with van der Waals surface area (Å²) in [5.41, 5.74) is 7.32. The molecule has 0 aliphatic rings. The van der Waals surface area contributed by atoms with Crippen molar-refractivity contribution in [1.82, 2.24) is 20.2 Å². The van der Waals surface area contributed by atoms with Gasteiger partial charge < -0.3 is 5.73 Å². The second-order valence-electron chi connectivity index (χ2n) is 4.19. The molecule has 0 saturated heterocycles. The van der Waals surface area contributed by atoms with Gasteiger partial charge in [-0.3, -0.25) is 0 Å². The van der Waals surface area contributed by atoms with E-state index in [9.17, 15) is 8.42 Å². The largest absolute Gasteiger partial charge is 0.399 e. The minimum absolute atomic E-state index is 0.0712. The molecule has 0 unspecified atom stereocenters. The zero-order valence-electron chi connectivity index (χ0n) is 10.7. The van der Waals surface area contributed by atoms with Crippen molar-refractivity contribution in [2.45, 2.75) is 18.7 Å². The smallest absolute Gasteiger partial charge is 0.277 e. The molecule has 8 nitrogen and oxygen atoms in total. The molecular weight excluding hydrogens is 268 g/mol. The second-order valence-corrected chi connectivity index (χ2v) is 5.81. The molecule has 0 saturated carbocycles. The molecule has 19 heavy (non-hydrogen) atoms. The van der Waals surface area contributed by atoms with Gasteiger partial charge in [0.1, 0.15) is 0 Å². The van der Waals surface area contributed by atoms with Crippen molar-refractivity contribution in [2.75, 3.05) is 10.5 Å². The van der Waals surface area contributed by atoms with E-state index in [0.29, 0.717) is 16.8 Å². The highest BCUT2D eigenvalue weighted by Crippen LogP contribution is 2.24. The number of nitrogen functional groups attached to an aromatic ring is 1. The van der Waals surface area contributed by atoms with E-state index in [1.165, 1.54) is 4.80 Å². The Morgan fingerprint density at radius 1 is 1.26 bits per heavy atom. The number of rotatable bonds is 3. The summed E-state index contributed by atoms with van der Waals surface area (Å²) >= 11 is 0. The highest BCUT2D eigenvalue weighted by atomic mass is 32.2. The van der Waals surface area contributed by atoms with Crippen molar-refractivity contribution in [3.8, 4) is 0 Å². The lowest BCUT2D eigenvalue weighted by Gasteiger charge is -2.11. The topological polar surface area (TPSA) is 116 Å². The van der Waals surface area contributed by atoms with E-state index in [2.05, 4.69) is 20.1 Å². The van der Waals surface area contributed by atoms with Gasteiger partial charge in [-0.2, -0.15) is 4.80 Å². The maximum absolute atomic E-state index is 12.3. The quantitative estimate of drug-likeness (QED) is 0.777. The molecule has 2 rings (SSSR count). The standard InChI is InChI=1S/C10H14N6O2S/c1-6-4-8(11)5-7(2)9(6)19(17,18)14-10-12-15-16(3)13-10/h4-5H,11H2,1-3H3,(H,13,14). The van der Waals surface area contributed by atoms with Gasteiger partial charge in [0.15, 0.2) is 0 Å². The molecule has 1 heterocycles. The number of tetrazole rings is 1. The number of nitrogens with zero attached hydrogens (tertiary/aromatic N) is 4. The number of hydrogen-bond donors (Lipinski definition) is 2. The normalized spacial score (nSPS) is 11.5. The predicted molar refractivity (Wildman–Crippen MR) is 69.9 cm³/mol. The first-order chi connectivity index (χ1) is 8.79. The summed E-state index contributed by atoms with van der Waals surface area (Å²) in [5, 5.41) is 10.9. The van der Waals surface area contributed by atoms with Gasteiger partial charge in [0.2, 0.25) is 0 Å². The molecule has 0 atom stereocenters. The molecule has 0 fully saturated rings. The van der Waals surface area contributed by atoms with Crippen molar-refractivity contribution in [1.29, 1.82) is 0 Å². The minimum atomic E-state index is -3.76. The molecule has 2 aromatic rings. The number of aryl methyl sites for hydroxylation is 3. The van der Waals surface area contributed by atoms with Crippen molar-refractivity contribution in [2.24, 2.45) is 7.05 Å². The summed E-state index contributed by atoms with van der Waals surface area (Å²) in [6.07, 6.45) is 0. The summed E-state index contributed by atoms with van der Waals surface area (Å²) < 4.78 is 26.9. The van der Waals surface area contributed by atoms with Gasteiger partial charge in [-0.1, -0.05) is 5.10 Å². The Balaban J connectivity index is 2.45. The molecule has 0 aliphatic heterocycles. The minimum Gasteiger partial charge on any atom is -0.399 e. The number of benzene rings is 1. The number of nitrogens with one attached hydrogen (secondary N) is 1. The van der Waals surface area contributed by atoms with E-state index in [1.54, 1.807) is 33.0 Å². The fourth-order valence-corrected chi connectivity index (χ4v) is 3.29. The van der Waals surface area contributed by atoms with Crippen LogP contribution in [0.5, 0.6) is 0 Å². The van der Waals surface area contributed by atoms with Crippen molar-refractivity contribution >= 4 is 21.7 Å². The third-order valence-corrected chi connectivity index (χ3v) is 4.12. The first kappa shape index (κ1) is 13.3. The molecule has 1 aromatic carbocycles. The number of anilines is 2. The number of sulfonamides is 1. The van der Waals surface area contributed by atoms with Crippen LogP contribution in [0.2, 0.25) is 0 Å². The number of nitrogens with two attached hydrogens (primary N) is 1. The second kappa shape index (κ2) is 4.50. The summed E-state index contributed by atoms with van der Waals surface area (Å²) in [6, 6.07) is 3.21. The Hall–Kier alpha value is -2.16. The van der Waals surface area contributed by atoms with Gasteiger partial charge >= 0.3 is 0 Å². The molecule has 0 spiro atoms. The number of hydrogen-bond acceptors (Lipinski definition) is 6. The molecular formula is C10H14N6O2S. The Bertz CT molecular complexity index is 698. The zero-order chi connectivity index (χ0) is 14.2. The average molecular weight is 282 g/mol. The van der Waals surface area contributed by atoms with E-state index in [0.717, 1.165) is 0 Å². The molecule has 1 aromatic heterocycles. The van der Waals surface area contributed by atoms with Gasteiger partial charge in [0.25, 0.3) is 16.0 Å². The molecule has 9 heteroatoms. The van der Waals surface area contributed by atoms with E-state index in [-0.39, 0.29) is 10.8 Å². The van der Waals surface area contributed by atoms with Crippen LogP contribution in [0.25, 0.3) is 0 Å². The zero-order valence-corrected chi connectivity index (χ0v) is 11.6. The van der Waals surface area contributed by atoms with Crippen LogP contribution in [0, 0.1) is 13.8 Å². The Morgan fingerprint density at radius 2 is 1.84 bits per heavy atom. The van der Waals surface area contributed by atoms with Gasteiger partial charge in [-0.05, 0) is 42.3 Å². The third kappa shape index (κ3) is 2.65. The van der Waals surface area contributed by atoms with Gasteiger partial charge in [0.05, 0.1) is 11.9 Å². The third-order valence-electron chi connectivity index (χ3n) is 2.49. The maximum atomic E-state index is 12.3. The Morgan fingerprint density at radius 3 is 2.32 bits per heavy atom. The fraction of sp³-hybridized carbons (Fsp3) is 0.300.